The molecule has 3 rings (SSSR count). The lowest BCUT2D eigenvalue weighted by Crippen LogP contribution is -2.52. The van der Waals surface area contributed by atoms with Gasteiger partial charge in [0.25, 0.3) is 5.91 Å². The molecule has 1 aromatic carbocycles. The third-order valence-electron chi connectivity index (χ3n) is 5.50. The van der Waals surface area contributed by atoms with Crippen molar-refractivity contribution in [2.24, 2.45) is 5.92 Å². The SMILES string of the molecule is Cc1ccc(C)c(C(=O)N2CCCC(C(=O)N3CCN(C)CC3)C2)c1. The van der Waals surface area contributed by atoms with E-state index >= 15 is 0 Å². The van der Waals surface area contributed by atoms with Gasteiger partial charge in [0, 0.05) is 44.8 Å². The number of aryl methyl sites for hydroxylation is 2. The van der Waals surface area contributed by atoms with Crippen LogP contribution in [0.4, 0.5) is 0 Å². The number of amides is 2. The molecule has 2 aliphatic heterocycles. The van der Waals surface area contributed by atoms with Crippen molar-refractivity contribution in [1.29, 1.82) is 0 Å². The molecule has 0 aliphatic carbocycles. The molecule has 1 atom stereocenters. The first-order valence-corrected chi connectivity index (χ1v) is 9.29. The predicted octanol–water partition coefficient (Wildman–Crippen LogP) is 1.93. The molecule has 2 fully saturated rings. The van der Waals surface area contributed by atoms with Crippen molar-refractivity contribution in [1.82, 2.24) is 14.7 Å². The summed E-state index contributed by atoms with van der Waals surface area (Å²) in [6, 6.07) is 5.99. The second-order valence-electron chi connectivity index (χ2n) is 7.54. The Kier molecular flexibility index (Phi) is 5.42. The first-order chi connectivity index (χ1) is 12.0. The Morgan fingerprint density at radius 2 is 1.72 bits per heavy atom. The molecular formula is C20H29N3O2. The highest BCUT2D eigenvalue weighted by molar-refractivity contribution is 5.96. The monoisotopic (exact) mass is 343 g/mol. The minimum Gasteiger partial charge on any atom is -0.340 e. The number of nitrogens with zero attached hydrogens (tertiary/aromatic N) is 3. The van der Waals surface area contributed by atoms with Gasteiger partial charge >= 0.3 is 0 Å². The van der Waals surface area contributed by atoms with Crippen LogP contribution in [0.3, 0.4) is 0 Å². The molecular weight excluding hydrogens is 314 g/mol. The van der Waals surface area contributed by atoms with Crippen LogP contribution in [0.25, 0.3) is 0 Å². The zero-order chi connectivity index (χ0) is 18.0. The lowest BCUT2D eigenvalue weighted by molar-refractivity contribution is -0.138. The second-order valence-corrected chi connectivity index (χ2v) is 7.54. The Bertz CT molecular complexity index is 650. The first-order valence-electron chi connectivity index (χ1n) is 9.29. The number of carbonyl (C=O) groups is 2. The molecule has 1 aromatic rings. The van der Waals surface area contributed by atoms with E-state index in [1.54, 1.807) is 0 Å². The first kappa shape index (κ1) is 17.9. The van der Waals surface area contributed by atoms with Gasteiger partial charge in [-0.1, -0.05) is 17.7 Å². The van der Waals surface area contributed by atoms with Crippen LogP contribution >= 0.6 is 0 Å². The highest BCUT2D eigenvalue weighted by Crippen LogP contribution is 2.22. The Labute approximate surface area is 150 Å². The Hall–Kier alpha value is -1.88. The number of hydrogen-bond acceptors (Lipinski definition) is 3. The van der Waals surface area contributed by atoms with Crippen LogP contribution in [0.1, 0.15) is 34.3 Å². The van der Waals surface area contributed by atoms with Crippen molar-refractivity contribution >= 4 is 11.8 Å². The number of piperazine rings is 1. The minimum atomic E-state index is -0.0498. The summed E-state index contributed by atoms with van der Waals surface area (Å²) in [5, 5.41) is 0. The van der Waals surface area contributed by atoms with Crippen molar-refractivity contribution in [2.75, 3.05) is 46.3 Å². The summed E-state index contributed by atoms with van der Waals surface area (Å²) < 4.78 is 0. The van der Waals surface area contributed by atoms with E-state index in [9.17, 15) is 9.59 Å². The highest BCUT2D eigenvalue weighted by atomic mass is 16.2. The van der Waals surface area contributed by atoms with Crippen molar-refractivity contribution in [3.63, 3.8) is 0 Å². The molecule has 1 unspecified atom stereocenters. The number of rotatable bonds is 2. The smallest absolute Gasteiger partial charge is 0.254 e. The van der Waals surface area contributed by atoms with Gasteiger partial charge in [0.05, 0.1) is 5.92 Å². The number of benzene rings is 1. The summed E-state index contributed by atoms with van der Waals surface area (Å²) in [4.78, 5) is 31.9. The average molecular weight is 343 g/mol. The zero-order valence-corrected chi connectivity index (χ0v) is 15.6. The standard InChI is InChI=1S/C20H29N3O2/c1-15-6-7-16(2)18(13-15)20(25)23-8-4-5-17(14-23)19(24)22-11-9-21(3)10-12-22/h6-7,13,17H,4-5,8-12,14H2,1-3H3. The van der Waals surface area contributed by atoms with Gasteiger partial charge in [-0.2, -0.15) is 0 Å². The maximum atomic E-state index is 13.0. The molecule has 136 valence electrons. The fraction of sp³-hybridized carbons (Fsp3) is 0.600. The van der Waals surface area contributed by atoms with Crippen molar-refractivity contribution < 1.29 is 9.59 Å². The van der Waals surface area contributed by atoms with Crippen LogP contribution in [0, 0.1) is 19.8 Å². The summed E-state index contributed by atoms with van der Waals surface area (Å²) in [6.45, 7) is 8.76. The van der Waals surface area contributed by atoms with E-state index in [-0.39, 0.29) is 17.7 Å². The van der Waals surface area contributed by atoms with Crippen molar-refractivity contribution in [3.8, 4) is 0 Å². The molecule has 0 radical (unpaired) electrons. The van der Waals surface area contributed by atoms with Gasteiger partial charge in [-0.05, 0) is 45.4 Å². The maximum absolute atomic E-state index is 13.0. The Morgan fingerprint density at radius 1 is 1.00 bits per heavy atom. The number of likely N-dealkylation sites (tertiary alicyclic amines) is 1. The molecule has 2 saturated heterocycles. The van der Waals surface area contributed by atoms with E-state index in [0.29, 0.717) is 6.54 Å². The fourth-order valence-corrected chi connectivity index (χ4v) is 3.78. The van der Waals surface area contributed by atoms with E-state index in [4.69, 9.17) is 0 Å². The lowest BCUT2D eigenvalue weighted by atomic mass is 9.95. The zero-order valence-electron chi connectivity index (χ0n) is 15.6. The molecule has 0 saturated carbocycles. The summed E-state index contributed by atoms with van der Waals surface area (Å²) in [5.74, 6) is 0.245. The summed E-state index contributed by atoms with van der Waals surface area (Å²) in [7, 11) is 2.09. The number of hydrogen-bond donors (Lipinski definition) is 0. The van der Waals surface area contributed by atoms with Crippen LogP contribution in [0.2, 0.25) is 0 Å². The van der Waals surface area contributed by atoms with Crippen LogP contribution in [0.5, 0.6) is 0 Å². The van der Waals surface area contributed by atoms with E-state index in [1.165, 1.54) is 0 Å². The molecule has 5 nitrogen and oxygen atoms in total. The lowest BCUT2D eigenvalue weighted by Gasteiger charge is -2.38. The van der Waals surface area contributed by atoms with Crippen LogP contribution in [0.15, 0.2) is 18.2 Å². The molecule has 0 spiro atoms. The molecule has 2 amide bonds. The third kappa shape index (κ3) is 4.03. The number of piperidine rings is 1. The minimum absolute atomic E-state index is 0.0498. The van der Waals surface area contributed by atoms with Crippen LogP contribution in [-0.4, -0.2) is 72.8 Å². The van der Waals surface area contributed by atoms with Crippen molar-refractivity contribution in [3.05, 3.63) is 34.9 Å². The van der Waals surface area contributed by atoms with Gasteiger partial charge in [0.1, 0.15) is 0 Å². The van der Waals surface area contributed by atoms with E-state index in [2.05, 4.69) is 11.9 Å². The quantitative estimate of drug-likeness (QED) is 0.824. The van der Waals surface area contributed by atoms with Gasteiger partial charge in [-0.25, -0.2) is 0 Å². The third-order valence-corrected chi connectivity index (χ3v) is 5.50. The topological polar surface area (TPSA) is 43.9 Å². The predicted molar refractivity (Wildman–Crippen MR) is 98.6 cm³/mol. The molecule has 0 N–H and O–H groups in total. The summed E-state index contributed by atoms with van der Waals surface area (Å²) >= 11 is 0. The van der Waals surface area contributed by atoms with Gasteiger partial charge in [0.15, 0.2) is 0 Å². The molecule has 25 heavy (non-hydrogen) atoms. The summed E-state index contributed by atoms with van der Waals surface area (Å²) in [6.07, 6.45) is 1.79. The van der Waals surface area contributed by atoms with Gasteiger partial charge in [-0.3, -0.25) is 9.59 Å². The van der Waals surface area contributed by atoms with E-state index in [0.717, 1.165) is 62.3 Å². The summed E-state index contributed by atoms with van der Waals surface area (Å²) in [5.41, 5.74) is 2.87. The maximum Gasteiger partial charge on any atom is 0.254 e. The molecule has 0 bridgehead atoms. The molecule has 2 heterocycles. The molecule has 2 aliphatic rings. The Morgan fingerprint density at radius 3 is 2.44 bits per heavy atom. The highest BCUT2D eigenvalue weighted by Gasteiger charge is 2.32. The van der Waals surface area contributed by atoms with Crippen LogP contribution < -0.4 is 0 Å². The average Bonchev–Trinajstić information content (AvgIpc) is 2.63. The number of carbonyl (C=O) groups excluding carboxylic acids is 2. The fourth-order valence-electron chi connectivity index (χ4n) is 3.78. The van der Waals surface area contributed by atoms with Gasteiger partial charge < -0.3 is 14.7 Å². The van der Waals surface area contributed by atoms with Gasteiger partial charge in [-0.15, -0.1) is 0 Å². The van der Waals surface area contributed by atoms with E-state index in [1.807, 2.05) is 41.8 Å². The molecule has 5 heteroatoms. The van der Waals surface area contributed by atoms with Crippen molar-refractivity contribution in [2.45, 2.75) is 26.7 Å². The normalized spacial score (nSPS) is 22.1. The van der Waals surface area contributed by atoms with Gasteiger partial charge in [0.2, 0.25) is 5.91 Å². The Balaban J connectivity index is 1.67. The van der Waals surface area contributed by atoms with E-state index < -0.39 is 0 Å². The largest absolute Gasteiger partial charge is 0.340 e. The second kappa shape index (κ2) is 7.56. The number of likely N-dealkylation sites (N-methyl/N-ethyl adjacent to an activating group) is 1. The van der Waals surface area contributed by atoms with Crippen LogP contribution in [-0.2, 0) is 4.79 Å². The molecule has 0 aromatic heterocycles.